The molecule has 1 atom stereocenters. The van der Waals surface area contributed by atoms with Gasteiger partial charge in [-0.05, 0) is 19.4 Å². The molecule has 1 rings (SSSR count). The van der Waals surface area contributed by atoms with Crippen LogP contribution in [0, 0.1) is 0 Å². The molecule has 0 spiro atoms. The van der Waals surface area contributed by atoms with E-state index < -0.39 is 10.2 Å². The molecule has 1 saturated heterocycles. The van der Waals surface area contributed by atoms with E-state index in [9.17, 15) is 8.42 Å². The maximum absolute atomic E-state index is 11.8. The van der Waals surface area contributed by atoms with Gasteiger partial charge in [-0.2, -0.15) is 17.4 Å². The molecule has 0 aromatic heterocycles. The van der Waals surface area contributed by atoms with Crippen LogP contribution in [-0.2, 0) is 10.2 Å². The molecule has 1 aliphatic rings. The van der Waals surface area contributed by atoms with E-state index in [2.05, 4.69) is 17.0 Å². The average molecular weight is 235 g/mol. The third-order valence-corrected chi connectivity index (χ3v) is 4.25. The molecule has 2 N–H and O–H groups in total. The zero-order valence-electron chi connectivity index (χ0n) is 9.49. The number of nitrogens with one attached hydrogen (secondary N) is 2. The third kappa shape index (κ3) is 4.06. The van der Waals surface area contributed by atoms with Crippen LogP contribution in [0.15, 0.2) is 0 Å². The van der Waals surface area contributed by atoms with E-state index in [4.69, 9.17) is 0 Å². The first-order chi connectivity index (χ1) is 7.06. The highest BCUT2D eigenvalue weighted by Crippen LogP contribution is 2.03. The topological polar surface area (TPSA) is 61.4 Å². The maximum atomic E-state index is 11.8. The molecule has 1 unspecified atom stereocenters. The summed E-state index contributed by atoms with van der Waals surface area (Å²) in [7, 11) is -1.65. The Morgan fingerprint density at radius 2 is 2.27 bits per heavy atom. The first-order valence-corrected chi connectivity index (χ1v) is 6.94. The lowest BCUT2D eigenvalue weighted by molar-refractivity contribution is 0.440. The molecular formula is C9H21N3O2S. The first-order valence-electron chi connectivity index (χ1n) is 5.50. The Bertz CT molecular complexity index is 273. The molecule has 0 radical (unpaired) electrons. The van der Waals surface area contributed by atoms with Crippen molar-refractivity contribution in [1.82, 2.24) is 14.3 Å². The van der Waals surface area contributed by atoms with E-state index in [0.717, 1.165) is 32.4 Å². The van der Waals surface area contributed by atoms with Gasteiger partial charge in [0.2, 0.25) is 0 Å². The molecule has 1 aliphatic heterocycles. The van der Waals surface area contributed by atoms with Crippen LogP contribution in [0.3, 0.4) is 0 Å². The fourth-order valence-electron chi connectivity index (χ4n) is 1.56. The maximum Gasteiger partial charge on any atom is 0.279 e. The molecule has 1 heterocycles. The molecule has 1 fully saturated rings. The molecule has 0 bridgehead atoms. The molecule has 0 aromatic rings. The summed E-state index contributed by atoms with van der Waals surface area (Å²) in [5.74, 6) is 0. The van der Waals surface area contributed by atoms with Gasteiger partial charge in [0, 0.05) is 26.2 Å². The fraction of sp³-hybridized carbons (Fsp3) is 1.00. The van der Waals surface area contributed by atoms with Crippen molar-refractivity contribution in [3.05, 3.63) is 0 Å². The third-order valence-electron chi connectivity index (χ3n) is 2.61. The van der Waals surface area contributed by atoms with Crippen molar-refractivity contribution in [3.8, 4) is 0 Å². The fourth-order valence-corrected chi connectivity index (χ4v) is 2.73. The van der Waals surface area contributed by atoms with Gasteiger partial charge in [0.15, 0.2) is 0 Å². The average Bonchev–Trinajstić information content (AvgIpc) is 2.65. The summed E-state index contributed by atoms with van der Waals surface area (Å²) < 4.78 is 27.7. The molecule has 6 heteroatoms. The summed E-state index contributed by atoms with van der Waals surface area (Å²) >= 11 is 0. The van der Waals surface area contributed by atoms with Crippen LogP contribution in [0.4, 0.5) is 0 Å². The highest BCUT2D eigenvalue weighted by Gasteiger charge is 2.23. The predicted octanol–water partition coefficient (Wildman–Crippen LogP) is -0.0854. The monoisotopic (exact) mass is 235 g/mol. The lowest BCUT2D eigenvalue weighted by atomic mass is 10.3. The van der Waals surface area contributed by atoms with Crippen molar-refractivity contribution < 1.29 is 8.42 Å². The molecule has 5 nitrogen and oxygen atoms in total. The lowest BCUT2D eigenvalue weighted by Crippen LogP contribution is -2.44. The minimum atomic E-state index is -3.27. The largest absolute Gasteiger partial charge is 0.315 e. The van der Waals surface area contributed by atoms with Crippen LogP contribution < -0.4 is 10.0 Å². The number of rotatable bonds is 6. The van der Waals surface area contributed by atoms with Crippen molar-refractivity contribution >= 4 is 10.2 Å². The Labute approximate surface area is 92.4 Å². The van der Waals surface area contributed by atoms with E-state index in [-0.39, 0.29) is 6.04 Å². The minimum Gasteiger partial charge on any atom is -0.315 e. The number of hydrogen-bond donors (Lipinski definition) is 2. The molecule has 0 aliphatic carbocycles. The van der Waals surface area contributed by atoms with Gasteiger partial charge in [-0.15, -0.1) is 0 Å². The van der Waals surface area contributed by atoms with Gasteiger partial charge in [0.05, 0.1) is 0 Å². The van der Waals surface area contributed by atoms with E-state index in [1.807, 2.05) is 0 Å². The van der Waals surface area contributed by atoms with Gasteiger partial charge >= 0.3 is 0 Å². The molecule has 0 aromatic carbocycles. The van der Waals surface area contributed by atoms with E-state index >= 15 is 0 Å². The van der Waals surface area contributed by atoms with Gasteiger partial charge < -0.3 is 5.32 Å². The summed E-state index contributed by atoms with van der Waals surface area (Å²) in [6.45, 7) is 4.27. The summed E-state index contributed by atoms with van der Waals surface area (Å²) in [4.78, 5) is 0. The molecule has 0 saturated carbocycles. The second kappa shape index (κ2) is 5.79. The lowest BCUT2D eigenvalue weighted by Gasteiger charge is -2.20. The smallest absolute Gasteiger partial charge is 0.279 e. The standard InChI is InChI=1S/C9H21N3O2S/c1-3-4-7-12(2)15(13,14)11-9-5-6-10-8-9/h9-11H,3-8H2,1-2H3. The summed E-state index contributed by atoms with van der Waals surface area (Å²) in [5.41, 5.74) is 0. The van der Waals surface area contributed by atoms with Crippen LogP contribution in [-0.4, -0.2) is 45.4 Å². The van der Waals surface area contributed by atoms with Crippen molar-refractivity contribution in [2.24, 2.45) is 0 Å². The van der Waals surface area contributed by atoms with Crippen LogP contribution >= 0.6 is 0 Å². The summed E-state index contributed by atoms with van der Waals surface area (Å²) in [6.07, 6.45) is 2.78. The molecule has 15 heavy (non-hydrogen) atoms. The van der Waals surface area contributed by atoms with Crippen molar-refractivity contribution in [2.75, 3.05) is 26.7 Å². The van der Waals surface area contributed by atoms with Crippen molar-refractivity contribution in [1.29, 1.82) is 0 Å². The SMILES string of the molecule is CCCCN(C)S(=O)(=O)NC1CCNC1. The Morgan fingerprint density at radius 3 is 2.80 bits per heavy atom. The highest BCUT2D eigenvalue weighted by molar-refractivity contribution is 7.87. The Hall–Kier alpha value is -0.170. The Morgan fingerprint density at radius 1 is 1.53 bits per heavy atom. The van der Waals surface area contributed by atoms with Gasteiger partial charge in [-0.3, -0.25) is 0 Å². The Balaban J connectivity index is 2.42. The first kappa shape index (κ1) is 12.9. The second-order valence-electron chi connectivity index (χ2n) is 3.99. The summed E-state index contributed by atoms with van der Waals surface area (Å²) in [5, 5.41) is 3.13. The number of hydrogen-bond acceptors (Lipinski definition) is 3. The van der Waals surface area contributed by atoms with Gasteiger partial charge in [0.25, 0.3) is 10.2 Å². The normalized spacial score (nSPS) is 22.5. The van der Waals surface area contributed by atoms with Gasteiger partial charge in [0.1, 0.15) is 0 Å². The van der Waals surface area contributed by atoms with E-state index in [0.29, 0.717) is 6.54 Å². The van der Waals surface area contributed by atoms with Crippen LogP contribution in [0.25, 0.3) is 0 Å². The molecule has 90 valence electrons. The summed E-state index contributed by atoms with van der Waals surface area (Å²) in [6, 6.07) is 0.0547. The highest BCUT2D eigenvalue weighted by atomic mass is 32.2. The molecule has 0 amide bonds. The number of nitrogens with zero attached hydrogens (tertiary/aromatic N) is 1. The van der Waals surface area contributed by atoms with Crippen molar-refractivity contribution in [3.63, 3.8) is 0 Å². The Kier molecular flexibility index (Phi) is 4.98. The zero-order chi connectivity index (χ0) is 11.3. The quantitative estimate of drug-likeness (QED) is 0.676. The van der Waals surface area contributed by atoms with Gasteiger partial charge in [-0.1, -0.05) is 13.3 Å². The minimum absolute atomic E-state index is 0.0547. The second-order valence-corrected chi connectivity index (χ2v) is 5.80. The van der Waals surface area contributed by atoms with Crippen LogP contribution in [0.2, 0.25) is 0 Å². The van der Waals surface area contributed by atoms with E-state index in [1.54, 1.807) is 7.05 Å². The number of unbranched alkanes of at least 4 members (excludes halogenated alkanes) is 1. The predicted molar refractivity (Wildman–Crippen MR) is 60.9 cm³/mol. The van der Waals surface area contributed by atoms with Crippen molar-refractivity contribution in [2.45, 2.75) is 32.2 Å². The van der Waals surface area contributed by atoms with Gasteiger partial charge in [-0.25, -0.2) is 0 Å². The van der Waals surface area contributed by atoms with Crippen LogP contribution in [0.1, 0.15) is 26.2 Å². The zero-order valence-corrected chi connectivity index (χ0v) is 10.3. The van der Waals surface area contributed by atoms with Crippen LogP contribution in [0.5, 0.6) is 0 Å². The van der Waals surface area contributed by atoms with E-state index in [1.165, 1.54) is 4.31 Å². The molecular weight excluding hydrogens is 214 g/mol.